The maximum Gasteiger partial charge on any atom is 0.0851 e. The second kappa shape index (κ2) is 11.1. The SMILES string of the molecule is CC1C=CC2=C(C1)S(=O)c1ccc3c(c1N2c1ccc(-c2ccccc2)cc1)-c1ccccc1C31c2cccc3c4ccccc4n(c23)C2C=CC=CC21C. The summed E-state index contributed by atoms with van der Waals surface area (Å²) in [5, 5.41) is 2.58. The van der Waals surface area contributed by atoms with E-state index >= 15 is 0 Å². The first kappa shape index (κ1) is 31.4. The average molecular weight is 727 g/mol. The molecule has 55 heavy (non-hydrogen) atoms. The van der Waals surface area contributed by atoms with Gasteiger partial charge in [-0.3, -0.25) is 0 Å². The van der Waals surface area contributed by atoms with Crippen LogP contribution in [0.15, 0.2) is 185 Å². The summed E-state index contributed by atoms with van der Waals surface area (Å²) in [6.45, 7) is 4.70. The Morgan fingerprint density at radius 2 is 1.44 bits per heavy atom. The van der Waals surface area contributed by atoms with E-state index in [9.17, 15) is 4.21 Å². The average Bonchev–Trinajstić information content (AvgIpc) is 3.73. The van der Waals surface area contributed by atoms with Crippen LogP contribution in [-0.2, 0) is 16.2 Å². The van der Waals surface area contributed by atoms with Crippen LogP contribution in [0.5, 0.6) is 0 Å². The second-order valence-electron chi connectivity index (χ2n) is 16.1. The maximum absolute atomic E-state index is 15.0. The molecule has 5 atom stereocenters. The van der Waals surface area contributed by atoms with Crippen molar-refractivity contribution in [2.24, 2.45) is 11.3 Å². The van der Waals surface area contributed by atoms with Crippen molar-refractivity contribution in [3.8, 4) is 22.3 Å². The van der Waals surface area contributed by atoms with Gasteiger partial charge in [-0.2, -0.15) is 0 Å². The van der Waals surface area contributed by atoms with E-state index in [0.717, 1.165) is 33.3 Å². The van der Waals surface area contributed by atoms with Crippen LogP contribution in [-0.4, -0.2) is 8.78 Å². The molecule has 6 aromatic carbocycles. The van der Waals surface area contributed by atoms with Gasteiger partial charge in [0, 0.05) is 37.9 Å². The van der Waals surface area contributed by atoms with Gasteiger partial charge in [0.05, 0.1) is 44.1 Å². The molecule has 0 radical (unpaired) electrons. The van der Waals surface area contributed by atoms with E-state index in [2.05, 4.69) is 193 Å². The van der Waals surface area contributed by atoms with Crippen molar-refractivity contribution in [1.82, 2.24) is 4.57 Å². The molecule has 3 nitrogen and oxygen atoms in total. The Kier molecular flexibility index (Phi) is 6.31. The molecule has 5 aliphatic rings. The van der Waals surface area contributed by atoms with Crippen LogP contribution in [0.25, 0.3) is 44.1 Å². The molecule has 1 aromatic heterocycles. The van der Waals surface area contributed by atoms with Crippen LogP contribution in [0.2, 0.25) is 0 Å². The molecule has 3 heterocycles. The molecule has 0 N–H and O–H groups in total. The largest absolute Gasteiger partial charge is 0.332 e. The Morgan fingerprint density at radius 3 is 2.31 bits per heavy atom. The molecule has 12 rings (SSSR count). The fourth-order valence-electron chi connectivity index (χ4n) is 11.1. The van der Waals surface area contributed by atoms with E-state index in [1.165, 1.54) is 60.8 Å². The lowest BCUT2D eigenvalue weighted by Gasteiger charge is -2.55. The van der Waals surface area contributed by atoms with Crippen LogP contribution in [0, 0.1) is 11.3 Å². The lowest BCUT2D eigenvalue weighted by molar-refractivity contribution is 0.205. The molecule has 0 saturated heterocycles. The third kappa shape index (κ3) is 3.83. The molecule has 7 aromatic rings. The van der Waals surface area contributed by atoms with Gasteiger partial charge < -0.3 is 9.47 Å². The fraction of sp³-hybridized carbons (Fsp3) is 0.137. The zero-order chi connectivity index (χ0) is 36.6. The van der Waals surface area contributed by atoms with E-state index in [-0.39, 0.29) is 11.5 Å². The summed E-state index contributed by atoms with van der Waals surface area (Å²) in [6.07, 6.45) is 14.7. The van der Waals surface area contributed by atoms with Crippen LogP contribution >= 0.6 is 0 Å². The standard InChI is InChI=1S/C51H38N2OS/c1-32-22-28-43-45(31-32)55(54)44-29-27-40-47(49(44)52(43)35-25-23-34(24-26-35)33-13-4-3-5-14-33)38-16-6-8-18-39(38)51(40)41-19-12-17-37-36-15-7-9-20-42(36)53(48(37)41)46-21-10-11-30-50(46,51)2/h3-30,32,46H,31H2,1-2H3. The number of hydrogen-bond donors (Lipinski definition) is 0. The predicted octanol–water partition coefficient (Wildman–Crippen LogP) is 12.5. The summed E-state index contributed by atoms with van der Waals surface area (Å²) >= 11 is 0. The summed E-state index contributed by atoms with van der Waals surface area (Å²) in [7, 11) is -1.30. The monoisotopic (exact) mass is 726 g/mol. The maximum atomic E-state index is 15.0. The van der Waals surface area contributed by atoms with Crippen molar-refractivity contribution in [3.05, 3.63) is 197 Å². The third-order valence-corrected chi connectivity index (χ3v) is 14.9. The molecule has 0 saturated carbocycles. The van der Waals surface area contributed by atoms with Gasteiger partial charge in [0.25, 0.3) is 0 Å². The number of rotatable bonds is 2. The molecular weight excluding hydrogens is 689 g/mol. The summed E-state index contributed by atoms with van der Waals surface area (Å²) < 4.78 is 17.6. The number of fused-ring (bicyclic) bond motifs is 14. The Balaban J connectivity index is 1.20. The Labute approximate surface area is 323 Å². The zero-order valence-corrected chi connectivity index (χ0v) is 31.6. The van der Waals surface area contributed by atoms with Crippen molar-refractivity contribution < 1.29 is 4.21 Å². The summed E-state index contributed by atoms with van der Waals surface area (Å²) in [5.74, 6) is 0.322. The highest BCUT2D eigenvalue weighted by Crippen LogP contribution is 2.70. The molecule has 264 valence electrons. The van der Waals surface area contributed by atoms with Crippen LogP contribution in [0.3, 0.4) is 0 Å². The first-order valence-electron chi connectivity index (χ1n) is 19.4. The van der Waals surface area contributed by atoms with Crippen molar-refractivity contribution >= 4 is 44.0 Å². The fourth-order valence-corrected chi connectivity index (χ4v) is 12.7. The van der Waals surface area contributed by atoms with E-state index in [0.29, 0.717) is 5.92 Å². The number of aromatic nitrogens is 1. The number of allylic oxidation sites excluding steroid dienone is 7. The molecule has 0 amide bonds. The van der Waals surface area contributed by atoms with Gasteiger partial charge in [0.15, 0.2) is 0 Å². The summed E-state index contributed by atoms with van der Waals surface area (Å²) in [4.78, 5) is 4.34. The van der Waals surface area contributed by atoms with Crippen molar-refractivity contribution in [1.29, 1.82) is 0 Å². The van der Waals surface area contributed by atoms with Crippen LogP contribution in [0.1, 0.15) is 43.0 Å². The van der Waals surface area contributed by atoms with Gasteiger partial charge in [-0.25, -0.2) is 4.21 Å². The molecular formula is C51H38N2OS. The van der Waals surface area contributed by atoms with E-state index in [4.69, 9.17) is 0 Å². The number of anilines is 2. The lowest BCUT2D eigenvalue weighted by atomic mass is 9.51. The van der Waals surface area contributed by atoms with Gasteiger partial charge in [-0.1, -0.05) is 153 Å². The molecule has 5 unspecified atom stereocenters. The van der Waals surface area contributed by atoms with Crippen LogP contribution < -0.4 is 4.90 Å². The molecule has 2 aliphatic heterocycles. The Bertz CT molecular complexity index is 2960. The zero-order valence-electron chi connectivity index (χ0n) is 30.7. The normalized spacial score (nSPS) is 25.3. The number of nitrogens with zero attached hydrogens (tertiary/aromatic N) is 2. The van der Waals surface area contributed by atoms with E-state index in [1.54, 1.807) is 0 Å². The van der Waals surface area contributed by atoms with Gasteiger partial charge in [0.2, 0.25) is 0 Å². The minimum atomic E-state index is -1.30. The molecule has 0 fully saturated rings. The van der Waals surface area contributed by atoms with Crippen molar-refractivity contribution in [2.45, 2.75) is 36.6 Å². The van der Waals surface area contributed by atoms with Crippen LogP contribution in [0.4, 0.5) is 11.4 Å². The summed E-state index contributed by atoms with van der Waals surface area (Å²) in [6, 6.07) is 49.1. The van der Waals surface area contributed by atoms with E-state index in [1.807, 2.05) is 0 Å². The first-order chi connectivity index (χ1) is 27.0. The quantitative estimate of drug-likeness (QED) is 0.177. The van der Waals surface area contributed by atoms with Crippen molar-refractivity contribution in [2.75, 3.05) is 4.90 Å². The van der Waals surface area contributed by atoms with E-state index < -0.39 is 16.2 Å². The number of hydrogen-bond acceptors (Lipinski definition) is 2. The van der Waals surface area contributed by atoms with Gasteiger partial charge >= 0.3 is 0 Å². The highest BCUT2D eigenvalue weighted by atomic mass is 32.2. The molecule has 0 bridgehead atoms. The van der Waals surface area contributed by atoms with Gasteiger partial charge in [-0.15, -0.1) is 0 Å². The smallest absolute Gasteiger partial charge is 0.0851 e. The Hall–Kier alpha value is -5.97. The molecule has 1 spiro atoms. The third-order valence-electron chi connectivity index (χ3n) is 13.3. The van der Waals surface area contributed by atoms with Crippen molar-refractivity contribution in [3.63, 3.8) is 0 Å². The molecule has 3 aliphatic carbocycles. The first-order valence-corrected chi connectivity index (χ1v) is 20.6. The number of para-hydroxylation sites is 2. The van der Waals surface area contributed by atoms with Gasteiger partial charge in [0.1, 0.15) is 0 Å². The van der Waals surface area contributed by atoms with Gasteiger partial charge in [-0.05, 0) is 76.1 Å². The highest BCUT2D eigenvalue weighted by Gasteiger charge is 2.62. The topological polar surface area (TPSA) is 25.2 Å². The number of benzene rings is 6. The Morgan fingerprint density at radius 1 is 0.691 bits per heavy atom. The highest BCUT2D eigenvalue weighted by molar-refractivity contribution is 7.89. The molecule has 4 heteroatoms. The lowest BCUT2D eigenvalue weighted by Crippen LogP contribution is -2.51. The minimum Gasteiger partial charge on any atom is -0.332 e. The minimum absolute atomic E-state index is 0.0673. The second-order valence-corrected chi connectivity index (χ2v) is 17.5. The summed E-state index contributed by atoms with van der Waals surface area (Å²) in [5.41, 5.74) is 13.5. The predicted molar refractivity (Wildman–Crippen MR) is 227 cm³/mol.